The van der Waals surface area contributed by atoms with Crippen molar-refractivity contribution in [2.24, 2.45) is 5.41 Å². The number of nitrogens with one attached hydrogen (secondary N) is 1. The number of hydrogen-bond donors (Lipinski definition) is 2. The first-order chi connectivity index (χ1) is 11.4. The number of amides is 1. The van der Waals surface area contributed by atoms with Crippen LogP contribution in [0.1, 0.15) is 23.1 Å². The van der Waals surface area contributed by atoms with Crippen molar-refractivity contribution in [2.45, 2.75) is 26.2 Å². The highest BCUT2D eigenvalue weighted by atomic mass is 35.5. The van der Waals surface area contributed by atoms with Crippen LogP contribution >= 0.6 is 11.6 Å². The molecule has 124 valence electrons. The molecule has 0 saturated heterocycles. The van der Waals surface area contributed by atoms with Gasteiger partial charge in [-0.05, 0) is 48.6 Å². The standard InChI is InChI=1S/C19H18ClNO3/c1-12-6-7-16(15(20)8-12)21-17(22)11-19(18(23)24)9-13-4-2-3-5-14(13)10-19/h2-8H,9-11H2,1H3,(H,21,22)(H,23,24). The molecule has 3 rings (SSSR count). The number of carboxylic acid groups (broad SMARTS) is 1. The number of rotatable bonds is 4. The van der Waals surface area contributed by atoms with E-state index in [1.54, 1.807) is 12.1 Å². The molecule has 0 atom stereocenters. The molecule has 0 aliphatic heterocycles. The Morgan fingerprint density at radius 2 is 1.79 bits per heavy atom. The fourth-order valence-corrected chi connectivity index (χ4v) is 3.55. The number of carbonyl (C=O) groups is 2. The van der Waals surface area contributed by atoms with Crippen LogP contribution in [0.4, 0.5) is 5.69 Å². The van der Waals surface area contributed by atoms with Crippen molar-refractivity contribution in [1.82, 2.24) is 0 Å². The number of fused-ring (bicyclic) bond motifs is 1. The van der Waals surface area contributed by atoms with E-state index in [0.29, 0.717) is 23.6 Å². The van der Waals surface area contributed by atoms with E-state index in [4.69, 9.17) is 11.6 Å². The van der Waals surface area contributed by atoms with E-state index in [1.807, 2.05) is 37.3 Å². The number of carboxylic acids is 1. The van der Waals surface area contributed by atoms with Crippen molar-refractivity contribution in [3.05, 3.63) is 64.2 Å². The third-order valence-corrected chi connectivity index (χ3v) is 4.84. The summed E-state index contributed by atoms with van der Waals surface area (Å²) in [5, 5.41) is 12.9. The summed E-state index contributed by atoms with van der Waals surface area (Å²) in [7, 11) is 0. The van der Waals surface area contributed by atoms with Crippen molar-refractivity contribution in [1.29, 1.82) is 0 Å². The van der Waals surface area contributed by atoms with Gasteiger partial charge < -0.3 is 10.4 Å². The smallest absolute Gasteiger partial charge is 0.310 e. The maximum atomic E-state index is 12.4. The summed E-state index contributed by atoms with van der Waals surface area (Å²) in [4.78, 5) is 24.3. The lowest BCUT2D eigenvalue weighted by molar-refractivity contribution is -0.150. The van der Waals surface area contributed by atoms with Gasteiger partial charge >= 0.3 is 5.97 Å². The summed E-state index contributed by atoms with van der Waals surface area (Å²) in [6.07, 6.45) is 0.655. The molecular formula is C19H18ClNO3. The summed E-state index contributed by atoms with van der Waals surface area (Å²) in [6, 6.07) is 13.0. The zero-order chi connectivity index (χ0) is 17.3. The summed E-state index contributed by atoms with van der Waals surface area (Å²) < 4.78 is 0. The summed E-state index contributed by atoms with van der Waals surface area (Å²) in [5.41, 5.74) is 2.40. The second kappa shape index (κ2) is 6.29. The van der Waals surface area contributed by atoms with Crippen LogP contribution in [0, 0.1) is 12.3 Å². The molecule has 0 radical (unpaired) electrons. The van der Waals surface area contributed by atoms with Crippen molar-refractivity contribution >= 4 is 29.2 Å². The van der Waals surface area contributed by atoms with Gasteiger partial charge in [-0.15, -0.1) is 0 Å². The van der Waals surface area contributed by atoms with E-state index in [0.717, 1.165) is 16.7 Å². The van der Waals surface area contributed by atoms with Crippen LogP contribution in [0.25, 0.3) is 0 Å². The van der Waals surface area contributed by atoms with Gasteiger partial charge in [0, 0.05) is 6.42 Å². The largest absolute Gasteiger partial charge is 0.481 e. The van der Waals surface area contributed by atoms with E-state index >= 15 is 0 Å². The van der Waals surface area contributed by atoms with Crippen LogP contribution in [-0.4, -0.2) is 17.0 Å². The van der Waals surface area contributed by atoms with Crippen molar-refractivity contribution < 1.29 is 14.7 Å². The minimum atomic E-state index is -1.09. The highest BCUT2D eigenvalue weighted by molar-refractivity contribution is 6.33. The molecule has 2 N–H and O–H groups in total. The Bertz CT molecular complexity index is 791. The van der Waals surface area contributed by atoms with Gasteiger partial charge in [0.1, 0.15) is 0 Å². The molecule has 4 nitrogen and oxygen atoms in total. The summed E-state index contributed by atoms with van der Waals surface area (Å²) in [6.45, 7) is 1.91. The Hall–Kier alpha value is -2.33. The highest BCUT2D eigenvalue weighted by Crippen LogP contribution is 2.40. The van der Waals surface area contributed by atoms with Crippen LogP contribution in [0.5, 0.6) is 0 Å². The number of benzene rings is 2. The van der Waals surface area contributed by atoms with Gasteiger partial charge in [-0.1, -0.05) is 41.9 Å². The number of aliphatic carboxylic acids is 1. The molecule has 5 heteroatoms. The van der Waals surface area contributed by atoms with E-state index < -0.39 is 11.4 Å². The number of anilines is 1. The van der Waals surface area contributed by atoms with E-state index in [9.17, 15) is 14.7 Å². The molecule has 2 aromatic rings. The van der Waals surface area contributed by atoms with Crippen LogP contribution in [-0.2, 0) is 22.4 Å². The Morgan fingerprint density at radius 1 is 1.17 bits per heavy atom. The zero-order valence-electron chi connectivity index (χ0n) is 13.3. The van der Waals surface area contributed by atoms with Gasteiger partial charge in [0.2, 0.25) is 5.91 Å². The first-order valence-corrected chi connectivity index (χ1v) is 8.14. The van der Waals surface area contributed by atoms with Crippen LogP contribution < -0.4 is 5.32 Å². The lowest BCUT2D eigenvalue weighted by Gasteiger charge is -2.23. The van der Waals surface area contributed by atoms with E-state index in [1.165, 1.54) is 0 Å². The second-order valence-electron chi connectivity index (χ2n) is 6.42. The molecule has 0 aromatic heterocycles. The molecule has 1 aliphatic carbocycles. The SMILES string of the molecule is Cc1ccc(NC(=O)CC2(C(=O)O)Cc3ccccc3C2)c(Cl)c1. The van der Waals surface area contributed by atoms with Crippen LogP contribution in [0.15, 0.2) is 42.5 Å². The summed E-state index contributed by atoms with van der Waals surface area (Å²) in [5.74, 6) is -1.28. The average molecular weight is 344 g/mol. The predicted octanol–water partition coefficient (Wildman–Crippen LogP) is 3.85. The number of halogens is 1. The number of aryl methyl sites for hydroxylation is 1. The van der Waals surface area contributed by atoms with Crippen molar-refractivity contribution in [2.75, 3.05) is 5.32 Å². The Morgan fingerprint density at radius 3 is 2.33 bits per heavy atom. The van der Waals surface area contributed by atoms with Gasteiger partial charge in [-0.3, -0.25) is 9.59 Å². The van der Waals surface area contributed by atoms with E-state index in [2.05, 4.69) is 5.32 Å². The first-order valence-electron chi connectivity index (χ1n) is 7.76. The third-order valence-electron chi connectivity index (χ3n) is 4.53. The molecule has 0 fully saturated rings. The number of hydrogen-bond acceptors (Lipinski definition) is 2. The molecular weight excluding hydrogens is 326 g/mol. The van der Waals surface area contributed by atoms with Gasteiger partial charge in [-0.25, -0.2) is 0 Å². The Balaban J connectivity index is 1.78. The Labute approximate surface area is 145 Å². The maximum Gasteiger partial charge on any atom is 0.310 e. The number of carbonyl (C=O) groups excluding carboxylic acids is 1. The quantitative estimate of drug-likeness (QED) is 0.886. The third kappa shape index (κ3) is 3.15. The molecule has 2 aromatic carbocycles. The van der Waals surface area contributed by atoms with Gasteiger partial charge in [0.15, 0.2) is 0 Å². The maximum absolute atomic E-state index is 12.4. The topological polar surface area (TPSA) is 66.4 Å². The minimum Gasteiger partial charge on any atom is -0.481 e. The first kappa shape index (κ1) is 16.5. The normalized spacial score (nSPS) is 14.9. The molecule has 1 amide bonds. The summed E-state index contributed by atoms with van der Waals surface area (Å²) >= 11 is 6.13. The average Bonchev–Trinajstić information content (AvgIpc) is 2.89. The lowest BCUT2D eigenvalue weighted by atomic mass is 9.81. The Kier molecular flexibility index (Phi) is 4.33. The predicted molar refractivity (Wildman–Crippen MR) is 93.4 cm³/mol. The van der Waals surface area contributed by atoms with Gasteiger partial charge in [0.25, 0.3) is 0 Å². The molecule has 0 bridgehead atoms. The molecule has 0 saturated carbocycles. The molecule has 0 heterocycles. The molecule has 0 spiro atoms. The van der Waals surface area contributed by atoms with Gasteiger partial charge in [0.05, 0.1) is 16.1 Å². The van der Waals surface area contributed by atoms with Crippen LogP contribution in [0.3, 0.4) is 0 Å². The second-order valence-corrected chi connectivity index (χ2v) is 6.82. The highest BCUT2D eigenvalue weighted by Gasteiger charge is 2.45. The van der Waals surface area contributed by atoms with Gasteiger partial charge in [-0.2, -0.15) is 0 Å². The van der Waals surface area contributed by atoms with Crippen molar-refractivity contribution in [3.8, 4) is 0 Å². The molecule has 0 unspecified atom stereocenters. The van der Waals surface area contributed by atoms with Crippen molar-refractivity contribution in [3.63, 3.8) is 0 Å². The molecule has 24 heavy (non-hydrogen) atoms. The lowest BCUT2D eigenvalue weighted by Crippen LogP contribution is -2.36. The van der Waals surface area contributed by atoms with Crippen LogP contribution in [0.2, 0.25) is 5.02 Å². The zero-order valence-corrected chi connectivity index (χ0v) is 14.1. The van der Waals surface area contributed by atoms with E-state index in [-0.39, 0.29) is 12.3 Å². The monoisotopic (exact) mass is 343 g/mol. The fourth-order valence-electron chi connectivity index (χ4n) is 3.27. The minimum absolute atomic E-state index is 0.0821. The fraction of sp³-hybridized carbons (Fsp3) is 0.263. The molecule has 1 aliphatic rings.